The molecular formula is C29H30N2O6S. The van der Waals surface area contributed by atoms with Crippen LogP contribution in [0.1, 0.15) is 31.4 Å². The van der Waals surface area contributed by atoms with E-state index >= 15 is 0 Å². The molecule has 198 valence electrons. The van der Waals surface area contributed by atoms with Crippen LogP contribution < -0.4 is 14.3 Å². The van der Waals surface area contributed by atoms with Gasteiger partial charge in [0.05, 0.1) is 23.9 Å². The first kappa shape index (κ1) is 26.9. The number of carbonyl (C=O) groups is 1. The number of nitrogens with zero attached hydrogens (tertiary/aromatic N) is 2. The number of ether oxygens (including phenoxy) is 3. The third-order valence-corrected chi connectivity index (χ3v) is 6.76. The van der Waals surface area contributed by atoms with Crippen LogP contribution in [0, 0.1) is 0 Å². The summed E-state index contributed by atoms with van der Waals surface area (Å²) in [6.07, 6.45) is 0.632. The van der Waals surface area contributed by atoms with E-state index < -0.39 is 11.6 Å². The molecule has 0 aliphatic rings. The van der Waals surface area contributed by atoms with Crippen molar-refractivity contribution in [3.63, 3.8) is 0 Å². The van der Waals surface area contributed by atoms with E-state index in [4.69, 9.17) is 19.0 Å². The Hall–Kier alpha value is -4.11. The number of hydrogen-bond acceptors (Lipinski definition) is 8. The molecule has 0 aliphatic heterocycles. The van der Waals surface area contributed by atoms with Crippen LogP contribution in [-0.4, -0.2) is 42.7 Å². The molecule has 1 aromatic heterocycles. The van der Waals surface area contributed by atoms with E-state index in [0.29, 0.717) is 36.8 Å². The van der Waals surface area contributed by atoms with Gasteiger partial charge in [0.25, 0.3) is 0 Å². The molecule has 0 fully saturated rings. The third kappa shape index (κ3) is 6.23. The van der Waals surface area contributed by atoms with Crippen LogP contribution in [0.2, 0.25) is 0 Å². The van der Waals surface area contributed by atoms with E-state index in [-0.39, 0.29) is 4.87 Å². The molecular weight excluding hydrogens is 504 g/mol. The van der Waals surface area contributed by atoms with E-state index in [1.54, 1.807) is 36.6 Å². The molecule has 0 saturated carbocycles. The van der Waals surface area contributed by atoms with Gasteiger partial charge in [0.1, 0.15) is 24.3 Å². The van der Waals surface area contributed by atoms with Crippen LogP contribution in [0.15, 0.2) is 82.7 Å². The molecule has 1 heterocycles. The molecule has 4 aromatic rings. The summed E-state index contributed by atoms with van der Waals surface area (Å²) in [7, 11) is 2.84. The smallest absolute Gasteiger partial charge is 0.349 e. The monoisotopic (exact) mass is 534 g/mol. The summed E-state index contributed by atoms with van der Waals surface area (Å²) in [6, 6.07) is 22.7. The van der Waals surface area contributed by atoms with Gasteiger partial charge in [-0.15, -0.1) is 0 Å². The minimum Gasteiger partial charge on any atom is -0.493 e. The molecule has 0 atom stereocenters. The quantitative estimate of drug-likeness (QED) is 0.113. The highest BCUT2D eigenvalue weighted by Crippen LogP contribution is 2.25. The second-order valence-corrected chi connectivity index (χ2v) is 9.96. The van der Waals surface area contributed by atoms with E-state index in [9.17, 15) is 9.59 Å². The maximum Gasteiger partial charge on any atom is 0.349 e. The Balaban J connectivity index is 1.42. The van der Waals surface area contributed by atoms with Crippen molar-refractivity contribution in [2.24, 2.45) is 5.16 Å². The van der Waals surface area contributed by atoms with Crippen molar-refractivity contribution in [3.8, 4) is 11.5 Å². The number of oxime groups is 1. The molecule has 8 nitrogen and oxygen atoms in total. The Labute approximate surface area is 225 Å². The number of aromatic nitrogens is 1. The molecule has 0 spiro atoms. The van der Waals surface area contributed by atoms with Gasteiger partial charge >= 0.3 is 10.8 Å². The van der Waals surface area contributed by atoms with Gasteiger partial charge in [-0.05, 0) is 44.5 Å². The Kier molecular flexibility index (Phi) is 8.48. The van der Waals surface area contributed by atoms with Crippen LogP contribution in [0.25, 0.3) is 10.2 Å². The Morgan fingerprint density at radius 1 is 0.947 bits per heavy atom. The minimum atomic E-state index is -1.12. The fourth-order valence-corrected chi connectivity index (χ4v) is 4.96. The Morgan fingerprint density at radius 2 is 1.71 bits per heavy atom. The van der Waals surface area contributed by atoms with Gasteiger partial charge in [-0.3, -0.25) is 9.36 Å². The van der Waals surface area contributed by atoms with Gasteiger partial charge in [-0.25, -0.2) is 4.79 Å². The lowest BCUT2D eigenvalue weighted by Crippen LogP contribution is -2.39. The summed E-state index contributed by atoms with van der Waals surface area (Å²) in [6.45, 7) is 4.21. The van der Waals surface area contributed by atoms with E-state index in [1.165, 1.54) is 25.6 Å². The molecule has 0 unspecified atom stereocenters. The zero-order valence-corrected chi connectivity index (χ0v) is 22.6. The van der Waals surface area contributed by atoms with Gasteiger partial charge < -0.3 is 19.0 Å². The maximum absolute atomic E-state index is 12.8. The SMILES string of the molecule is CON=C(c1ccccc1)c1ccc2c(c1)sc(=O)n2CCCOc1cccc(OC(C)(C)C(=O)OC)c1. The molecule has 38 heavy (non-hydrogen) atoms. The lowest BCUT2D eigenvalue weighted by molar-refractivity contribution is -0.156. The predicted molar refractivity (Wildman–Crippen MR) is 148 cm³/mol. The highest BCUT2D eigenvalue weighted by atomic mass is 32.1. The van der Waals surface area contributed by atoms with Crippen LogP contribution >= 0.6 is 11.3 Å². The van der Waals surface area contributed by atoms with Crippen molar-refractivity contribution >= 4 is 33.2 Å². The highest BCUT2D eigenvalue weighted by Gasteiger charge is 2.31. The van der Waals surface area contributed by atoms with Crippen molar-refractivity contribution in [1.82, 2.24) is 4.57 Å². The average molecular weight is 535 g/mol. The number of methoxy groups -OCH3 is 1. The third-order valence-electron chi connectivity index (χ3n) is 5.82. The molecule has 4 rings (SSSR count). The van der Waals surface area contributed by atoms with Crippen molar-refractivity contribution in [2.75, 3.05) is 20.8 Å². The predicted octanol–water partition coefficient (Wildman–Crippen LogP) is 5.26. The lowest BCUT2D eigenvalue weighted by Gasteiger charge is -2.23. The second-order valence-electron chi connectivity index (χ2n) is 8.97. The number of benzene rings is 3. The van der Waals surface area contributed by atoms with Gasteiger partial charge in [-0.2, -0.15) is 0 Å². The number of carbonyl (C=O) groups excluding carboxylic acids is 1. The summed E-state index contributed by atoms with van der Waals surface area (Å²) in [5, 5.41) is 4.22. The van der Waals surface area contributed by atoms with E-state index in [2.05, 4.69) is 5.16 Å². The van der Waals surface area contributed by atoms with Crippen molar-refractivity contribution in [3.05, 3.63) is 93.6 Å². The maximum atomic E-state index is 12.8. The average Bonchev–Trinajstić information content (AvgIpc) is 3.23. The van der Waals surface area contributed by atoms with Gasteiger partial charge in [0.2, 0.25) is 0 Å². The summed E-state index contributed by atoms with van der Waals surface area (Å²) in [5.41, 5.74) is 2.26. The van der Waals surface area contributed by atoms with Crippen LogP contribution in [0.5, 0.6) is 11.5 Å². The van der Waals surface area contributed by atoms with Crippen molar-refractivity contribution in [2.45, 2.75) is 32.4 Å². The number of thiazole rings is 1. The first-order valence-corrected chi connectivity index (χ1v) is 12.9. The summed E-state index contributed by atoms with van der Waals surface area (Å²) in [4.78, 5) is 29.7. The molecule has 0 bridgehead atoms. The fraction of sp³-hybridized carbons (Fsp3) is 0.276. The molecule has 0 N–H and O–H groups in total. The zero-order valence-electron chi connectivity index (χ0n) is 21.8. The first-order valence-electron chi connectivity index (χ1n) is 12.1. The molecule has 0 amide bonds. The second kappa shape index (κ2) is 12.0. The molecule has 0 saturated heterocycles. The zero-order chi connectivity index (χ0) is 27.1. The Morgan fingerprint density at radius 3 is 2.45 bits per heavy atom. The van der Waals surface area contributed by atoms with Gasteiger partial charge in [-0.1, -0.05) is 59.0 Å². The first-order chi connectivity index (χ1) is 18.3. The lowest BCUT2D eigenvalue weighted by atomic mass is 10.0. The summed E-state index contributed by atoms with van der Waals surface area (Å²) < 4.78 is 19.1. The van der Waals surface area contributed by atoms with E-state index in [0.717, 1.165) is 21.3 Å². The fourth-order valence-electron chi connectivity index (χ4n) is 4.01. The standard InChI is InChI=1S/C29H30N2O6S/c1-29(2,27(32)34-3)37-23-13-8-12-22(19-23)36-17-9-16-31-24-15-14-21(18-25(24)38-28(31)33)26(30-35-4)20-10-6-5-7-11-20/h5-8,10-15,18-19H,9,16-17H2,1-4H3. The van der Waals surface area contributed by atoms with Gasteiger partial charge in [0.15, 0.2) is 5.60 Å². The normalized spacial score (nSPS) is 11.8. The number of rotatable bonds is 11. The van der Waals surface area contributed by atoms with Gasteiger partial charge in [0, 0.05) is 23.7 Å². The van der Waals surface area contributed by atoms with Crippen molar-refractivity contribution < 1.29 is 23.8 Å². The topological polar surface area (TPSA) is 88.4 Å². The Bertz CT molecular complexity index is 1490. The number of fused-ring (bicyclic) bond motifs is 1. The number of esters is 1. The number of aryl methyl sites for hydroxylation is 1. The molecule has 3 aromatic carbocycles. The van der Waals surface area contributed by atoms with Crippen LogP contribution in [0.3, 0.4) is 0 Å². The highest BCUT2D eigenvalue weighted by molar-refractivity contribution is 7.16. The largest absolute Gasteiger partial charge is 0.493 e. The molecule has 0 aliphatic carbocycles. The van der Waals surface area contributed by atoms with Crippen LogP contribution in [0.4, 0.5) is 0 Å². The minimum absolute atomic E-state index is 0.0254. The summed E-state index contributed by atoms with van der Waals surface area (Å²) >= 11 is 1.21. The van der Waals surface area contributed by atoms with Crippen LogP contribution in [-0.2, 0) is 20.9 Å². The molecule has 0 radical (unpaired) electrons. The number of hydrogen-bond donors (Lipinski definition) is 0. The summed E-state index contributed by atoms with van der Waals surface area (Å²) in [5.74, 6) is 0.647. The van der Waals surface area contributed by atoms with Crippen molar-refractivity contribution in [1.29, 1.82) is 0 Å². The molecule has 9 heteroatoms. The van der Waals surface area contributed by atoms with E-state index in [1.807, 2.05) is 54.6 Å².